The van der Waals surface area contributed by atoms with Gasteiger partial charge in [0.05, 0.1) is 11.7 Å². The van der Waals surface area contributed by atoms with Crippen molar-refractivity contribution in [2.75, 3.05) is 6.54 Å². The van der Waals surface area contributed by atoms with Gasteiger partial charge in [-0.15, -0.1) is 11.3 Å². The first-order chi connectivity index (χ1) is 14.2. The number of likely N-dealkylation sites (tertiary alicyclic amines) is 1. The quantitative estimate of drug-likeness (QED) is 0.445. The Hall–Kier alpha value is -2.77. The molecule has 5 nitrogen and oxygen atoms in total. The zero-order valence-electron chi connectivity index (χ0n) is 16.1. The lowest BCUT2D eigenvalue weighted by Gasteiger charge is -2.22. The van der Waals surface area contributed by atoms with Gasteiger partial charge in [0, 0.05) is 29.9 Å². The van der Waals surface area contributed by atoms with Gasteiger partial charge in [-0.3, -0.25) is 4.90 Å². The molecule has 148 valence electrons. The van der Waals surface area contributed by atoms with Gasteiger partial charge in [0.25, 0.3) is 0 Å². The van der Waals surface area contributed by atoms with Gasteiger partial charge in [-0.1, -0.05) is 6.07 Å². The van der Waals surface area contributed by atoms with Crippen molar-refractivity contribution < 1.29 is 8.81 Å². The second kappa shape index (κ2) is 7.57. The smallest absolute Gasteiger partial charge is 0.154 e. The van der Waals surface area contributed by atoms with Crippen LogP contribution in [-0.2, 0) is 6.54 Å². The predicted molar refractivity (Wildman–Crippen MR) is 110 cm³/mol. The number of aryl methyl sites for hydroxylation is 1. The summed E-state index contributed by atoms with van der Waals surface area (Å²) in [6.45, 7) is 3.69. The number of benzene rings is 1. The van der Waals surface area contributed by atoms with Crippen molar-refractivity contribution in [3.8, 4) is 17.1 Å². The molecule has 0 saturated carbocycles. The number of rotatable bonds is 5. The average molecular weight is 409 g/mol. The van der Waals surface area contributed by atoms with Crippen molar-refractivity contribution in [1.82, 2.24) is 19.7 Å². The van der Waals surface area contributed by atoms with E-state index < -0.39 is 0 Å². The zero-order chi connectivity index (χ0) is 19.8. The number of thiazole rings is 1. The number of furan rings is 1. The van der Waals surface area contributed by atoms with Crippen LogP contribution in [-0.4, -0.2) is 26.2 Å². The molecule has 0 spiro atoms. The topological polar surface area (TPSA) is 47.1 Å². The van der Waals surface area contributed by atoms with Crippen LogP contribution < -0.4 is 0 Å². The summed E-state index contributed by atoms with van der Waals surface area (Å²) in [4.78, 5) is 6.98. The molecule has 1 aliphatic rings. The van der Waals surface area contributed by atoms with E-state index in [1.54, 1.807) is 22.1 Å². The largest absolute Gasteiger partial charge is 0.460 e. The van der Waals surface area contributed by atoms with Crippen molar-refractivity contribution >= 4 is 11.3 Å². The van der Waals surface area contributed by atoms with Gasteiger partial charge in [-0.25, -0.2) is 14.1 Å². The van der Waals surface area contributed by atoms with Crippen LogP contribution in [0.3, 0.4) is 0 Å². The summed E-state index contributed by atoms with van der Waals surface area (Å²) < 4.78 is 21.4. The SMILES string of the molecule is Cc1ccc(-c2nn(-c3cccc(F)c3)cc2CN2CCC[C@H]2c2nccs2)o1. The number of halogens is 1. The molecule has 0 bridgehead atoms. The van der Waals surface area contributed by atoms with Crippen LogP contribution in [0.1, 0.15) is 35.2 Å². The molecule has 7 heteroatoms. The lowest BCUT2D eigenvalue weighted by atomic mass is 10.1. The van der Waals surface area contributed by atoms with Gasteiger partial charge >= 0.3 is 0 Å². The maximum absolute atomic E-state index is 13.7. The van der Waals surface area contributed by atoms with Crippen molar-refractivity contribution in [3.05, 3.63) is 76.3 Å². The molecule has 0 N–H and O–H groups in total. The fourth-order valence-corrected chi connectivity index (χ4v) is 4.77. The van der Waals surface area contributed by atoms with Crippen molar-refractivity contribution in [2.45, 2.75) is 32.4 Å². The molecule has 1 fully saturated rings. The Kier molecular flexibility index (Phi) is 4.77. The Morgan fingerprint density at radius 3 is 2.97 bits per heavy atom. The van der Waals surface area contributed by atoms with E-state index in [1.807, 2.05) is 42.9 Å². The molecule has 3 aromatic heterocycles. The third-order valence-corrected chi connectivity index (χ3v) is 6.19. The third kappa shape index (κ3) is 3.63. The van der Waals surface area contributed by atoms with Crippen molar-refractivity contribution in [1.29, 1.82) is 0 Å². The Balaban J connectivity index is 1.52. The lowest BCUT2D eigenvalue weighted by Crippen LogP contribution is -2.22. The molecule has 0 amide bonds. The number of hydrogen-bond donors (Lipinski definition) is 0. The van der Waals surface area contributed by atoms with Crippen LogP contribution in [0.5, 0.6) is 0 Å². The van der Waals surface area contributed by atoms with Crippen LogP contribution >= 0.6 is 11.3 Å². The summed E-state index contributed by atoms with van der Waals surface area (Å²) in [7, 11) is 0. The molecular weight excluding hydrogens is 387 g/mol. The second-order valence-corrected chi connectivity index (χ2v) is 8.26. The zero-order valence-corrected chi connectivity index (χ0v) is 16.9. The Morgan fingerprint density at radius 2 is 2.21 bits per heavy atom. The van der Waals surface area contributed by atoms with Crippen LogP contribution in [0, 0.1) is 12.7 Å². The molecule has 0 aliphatic carbocycles. The molecule has 5 rings (SSSR count). The first-order valence-corrected chi connectivity index (χ1v) is 10.6. The van der Waals surface area contributed by atoms with E-state index in [4.69, 9.17) is 9.52 Å². The highest BCUT2D eigenvalue weighted by molar-refractivity contribution is 7.09. The van der Waals surface area contributed by atoms with E-state index in [9.17, 15) is 4.39 Å². The molecule has 0 radical (unpaired) electrons. The van der Waals surface area contributed by atoms with Crippen molar-refractivity contribution in [3.63, 3.8) is 0 Å². The summed E-state index contributed by atoms with van der Waals surface area (Å²) in [6, 6.07) is 10.7. The van der Waals surface area contributed by atoms with Gasteiger partial charge in [-0.2, -0.15) is 5.10 Å². The molecule has 4 aromatic rings. The maximum atomic E-state index is 13.7. The normalized spacial score (nSPS) is 17.2. The Bertz CT molecular complexity index is 1120. The van der Waals surface area contributed by atoms with Gasteiger partial charge in [0.2, 0.25) is 0 Å². The van der Waals surface area contributed by atoms with Gasteiger partial charge in [0.15, 0.2) is 5.76 Å². The molecule has 1 saturated heterocycles. The molecule has 1 aliphatic heterocycles. The summed E-state index contributed by atoms with van der Waals surface area (Å²) in [5.74, 6) is 1.30. The lowest BCUT2D eigenvalue weighted by molar-refractivity contribution is 0.248. The highest BCUT2D eigenvalue weighted by atomic mass is 32.1. The van der Waals surface area contributed by atoms with E-state index in [-0.39, 0.29) is 5.82 Å². The van der Waals surface area contributed by atoms with Crippen LogP contribution in [0.25, 0.3) is 17.1 Å². The van der Waals surface area contributed by atoms with Crippen LogP contribution in [0.2, 0.25) is 0 Å². The van der Waals surface area contributed by atoms with E-state index in [2.05, 4.69) is 9.88 Å². The van der Waals surface area contributed by atoms with Crippen LogP contribution in [0.4, 0.5) is 4.39 Å². The summed E-state index contributed by atoms with van der Waals surface area (Å²) in [5.41, 5.74) is 2.55. The first-order valence-electron chi connectivity index (χ1n) is 9.72. The third-order valence-electron chi connectivity index (χ3n) is 5.31. The van der Waals surface area contributed by atoms with Gasteiger partial charge in [0.1, 0.15) is 22.3 Å². The molecule has 1 atom stereocenters. The first kappa shape index (κ1) is 18.3. The molecular formula is C22H21FN4OS. The van der Waals surface area contributed by atoms with E-state index in [0.29, 0.717) is 11.7 Å². The molecule has 29 heavy (non-hydrogen) atoms. The number of hydrogen-bond acceptors (Lipinski definition) is 5. The standard InChI is InChI=1S/C22H21FN4OS/c1-15-7-8-20(28-15)21-16(14-27(25-21)18-5-2-4-17(23)12-18)13-26-10-3-6-19(26)22-24-9-11-29-22/h2,4-5,7-9,11-12,14,19H,3,6,10,13H2,1H3/t19-/m0/s1. The van der Waals surface area contributed by atoms with E-state index >= 15 is 0 Å². The fraction of sp³-hybridized carbons (Fsp3) is 0.273. The predicted octanol–water partition coefficient (Wildman–Crippen LogP) is 5.37. The Morgan fingerprint density at radius 1 is 1.28 bits per heavy atom. The highest BCUT2D eigenvalue weighted by Crippen LogP contribution is 2.36. The van der Waals surface area contributed by atoms with Gasteiger partial charge < -0.3 is 4.42 Å². The van der Waals surface area contributed by atoms with E-state index in [1.165, 1.54) is 12.1 Å². The minimum absolute atomic E-state index is 0.279. The fourth-order valence-electron chi connectivity index (χ4n) is 3.96. The summed E-state index contributed by atoms with van der Waals surface area (Å²) in [5, 5.41) is 7.95. The summed E-state index contributed by atoms with van der Waals surface area (Å²) in [6.07, 6.45) is 6.12. The summed E-state index contributed by atoms with van der Waals surface area (Å²) >= 11 is 1.71. The van der Waals surface area contributed by atoms with Crippen LogP contribution in [0.15, 0.2) is 58.6 Å². The van der Waals surface area contributed by atoms with Crippen molar-refractivity contribution in [2.24, 2.45) is 0 Å². The average Bonchev–Trinajstić information content (AvgIpc) is 3.49. The maximum Gasteiger partial charge on any atom is 0.154 e. The van der Waals surface area contributed by atoms with Gasteiger partial charge in [-0.05, 0) is 56.6 Å². The monoisotopic (exact) mass is 408 g/mol. The molecule has 1 aromatic carbocycles. The minimum atomic E-state index is -0.279. The Labute approximate surface area is 172 Å². The molecule has 4 heterocycles. The number of aromatic nitrogens is 3. The molecule has 0 unspecified atom stereocenters. The second-order valence-electron chi connectivity index (χ2n) is 7.34. The highest BCUT2D eigenvalue weighted by Gasteiger charge is 2.29. The number of nitrogens with zero attached hydrogens (tertiary/aromatic N) is 4. The minimum Gasteiger partial charge on any atom is -0.460 e. The van der Waals surface area contributed by atoms with E-state index in [0.717, 1.165) is 53.7 Å².